The maximum Gasteiger partial charge on any atom is 0.0760 e. The minimum absolute atomic E-state index is 0.0122. The quantitative estimate of drug-likeness (QED) is 0.822. The van der Waals surface area contributed by atoms with Crippen LogP contribution in [-0.2, 0) is 4.74 Å². The normalized spacial score (nSPS) is 26.8. The first-order chi connectivity index (χ1) is 8.11. The molecule has 1 aliphatic heterocycles. The molecule has 0 aromatic rings. The average Bonchev–Trinajstić information content (AvgIpc) is 2.12. The third-order valence-electron chi connectivity index (χ3n) is 3.60. The Morgan fingerprint density at radius 1 is 1.17 bits per heavy atom. The molecular weight excluding hydrogens is 226 g/mol. The Balaban J connectivity index is 2.71. The molecule has 0 saturated carbocycles. The van der Waals surface area contributed by atoms with Gasteiger partial charge < -0.3 is 9.84 Å². The molecule has 0 aromatic heterocycles. The van der Waals surface area contributed by atoms with Crippen molar-refractivity contribution in [1.82, 2.24) is 4.90 Å². The van der Waals surface area contributed by atoms with Crippen LogP contribution in [0.2, 0.25) is 0 Å². The fraction of sp³-hybridized carbons (Fsp3) is 1.00. The van der Waals surface area contributed by atoms with Crippen LogP contribution in [0.25, 0.3) is 0 Å². The van der Waals surface area contributed by atoms with Gasteiger partial charge >= 0.3 is 0 Å². The summed E-state index contributed by atoms with van der Waals surface area (Å²) in [6, 6.07) is 0. The Labute approximate surface area is 113 Å². The third kappa shape index (κ3) is 4.52. The fourth-order valence-electron chi connectivity index (χ4n) is 3.41. The van der Waals surface area contributed by atoms with Crippen LogP contribution in [-0.4, -0.2) is 47.4 Å². The maximum atomic E-state index is 9.65. The second-order valence-electron chi connectivity index (χ2n) is 7.49. The van der Waals surface area contributed by atoms with Gasteiger partial charge in [-0.25, -0.2) is 0 Å². The Morgan fingerprint density at radius 2 is 1.67 bits per heavy atom. The molecule has 1 rings (SSSR count). The van der Waals surface area contributed by atoms with Crippen molar-refractivity contribution in [2.24, 2.45) is 5.41 Å². The van der Waals surface area contributed by atoms with Gasteiger partial charge in [-0.15, -0.1) is 0 Å². The molecule has 0 aromatic carbocycles. The highest BCUT2D eigenvalue weighted by atomic mass is 16.5. The number of aliphatic hydroxyl groups excluding tert-OH is 1. The van der Waals surface area contributed by atoms with E-state index in [1.807, 2.05) is 0 Å². The molecule has 1 aliphatic rings. The summed E-state index contributed by atoms with van der Waals surface area (Å²) in [6.07, 6.45) is 2.19. The predicted octanol–water partition coefficient (Wildman–Crippen LogP) is 2.67. The van der Waals surface area contributed by atoms with E-state index in [2.05, 4.69) is 46.4 Å². The lowest BCUT2D eigenvalue weighted by Gasteiger charge is -2.49. The van der Waals surface area contributed by atoms with Gasteiger partial charge in [0, 0.05) is 31.7 Å². The van der Waals surface area contributed by atoms with Crippen molar-refractivity contribution in [3.05, 3.63) is 0 Å². The van der Waals surface area contributed by atoms with E-state index in [9.17, 15) is 5.11 Å². The van der Waals surface area contributed by atoms with Gasteiger partial charge in [0.15, 0.2) is 0 Å². The largest absolute Gasteiger partial charge is 0.396 e. The summed E-state index contributed by atoms with van der Waals surface area (Å²) >= 11 is 0. The molecule has 1 heterocycles. The number of rotatable bonds is 5. The average molecular weight is 257 g/mol. The monoisotopic (exact) mass is 257 g/mol. The topological polar surface area (TPSA) is 32.7 Å². The van der Waals surface area contributed by atoms with Crippen LogP contribution in [0, 0.1) is 5.41 Å². The van der Waals surface area contributed by atoms with Crippen molar-refractivity contribution >= 4 is 0 Å². The maximum absolute atomic E-state index is 9.65. The van der Waals surface area contributed by atoms with Crippen molar-refractivity contribution in [2.45, 2.75) is 65.6 Å². The zero-order chi connectivity index (χ0) is 14.0. The minimum atomic E-state index is -0.107. The third-order valence-corrected chi connectivity index (χ3v) is 3.60. The van der Waals surface area contributed by atoms with Crippen molar-refractivity contribution in [1.29, 1.82) is 0 Å². The van der Waals surface area contributed by atoms with Gasteiger partial charge in [-0.3, -0.25) is 4.90 Å². The molecule has 0 spiro atoms. The zero-order valence-electron chi connectivity index (χ0n) is 13.0. The highest BCUT2D eigenvalue weighted by Gasteiger charge is 2.40. The first-order valence-corrected chi connectivity index (χ1v) is 7.15. The van der Waals surface area contributed by atoms with Crippen molar-refractivity contribution < 1.29 is 9.84 Å². The van der Waals surface area contributed by atoms with Gasteiger partial charge in [0.25, 0.3) is 0 Å². The summed E-state index contributed by atoms with van der Waals surface area (Å²) in [4.78, 5) is 2.45. The van der Waals surface area contributed by atoms with E-state index in [4.69, 9.17) is 4.74 Å². The Kier molecular flexibility index (Phi) is 4.85. The molecule has 0 aliphatic carbocycles. The zero-order valence-corrected chi connectivity index (χ0v) is 13.0. The molecule has 0 radical (unpaired) electrons. The summed E-state index contributed by atoms with van der Waals surface area (Å²) in [5, 5.41) is 9.65. The van der Waals surface area contributed by atoms with Gasteiger partial charge in [-0.2, -0.15) is 0 Å². The Bertz CT molecular complexity index is 260. The minimum Gasteiger partial charge on any atom is -0.396 e. The van der Waals surface area contributed by atoms with Crippen LogP contribution in [0.1, 0.15) is 54.4 Å². The van der Waals surface area contributed by atoms with Crippen molar-refractivity contribution in [3.8, 4) is 0 Å². The molecule has 18 heavy (non-hydrogen) atoms. The van der Waals surface area contributed by atoms with Gasteiger partial charge in [0.2, 0.25) is 0 Å². The number of aliphatic hydroxyl groups is 1. The van der Waals surface area contributed by atoms with Crippen LogP contribution in [0.3, 0.4) is 0 Å². The van der Waals surface area contributed by atoms with Crippen LogP contribution in [0.15, 0.2) is 0 Å². The first-order valence-electron chi connectivity index (χ1n) is 7.15. The van der Waals surface area contributed by atoms with E-state index < -0.39 is 0 Å². The number of hydrogen-bond acceptors (Lipinski definition) is 3. The Morgan fingerprint density at radius 3 is 2.06 bits per heavy atom. The van der Waals surface area contributed by atoms with Crippen molar-refractivity contribution in [2.75, 3.05) is 26.2 Å². The molecule has 0 amide bonds. The molecule has 3 nitrogen and oxygen atoms in total. The smallest absolute Gasteiger partial charge is 0.0760 e. The molecule has 1 saturated heterocycles. The lowest BCUT2D eigenvalue weighted by Crippen LogP contribution is -2.59. The van der Waals surface area contributed by atoms with Crippen molar-refractivity contribution in [3.63, 3.8) is 0 Å². The molecule has 0 bridgehead atoms. The second kappa shape index (κ2) is 5.48. The van der Waals surface area contributed by atoms with E-state index in [1.165, 1.54) is 0 Å². The van der Waals surface area contributed by atoms with E-state index in [-0.39, 0.29) is 23.2 Å². The summed E-state index contributed by atoms with van der Waals surface area (Å²) in [5.74, 6) is 0. The van der Waals surface area contributed by atoms with E-state index >= 15 is 0 Å². The highest BCUT2D eigenvalue weighted by molar-refractivity contribution is 4.91. The van der Waals surface area contributed by atoms with Gasteiger partial charge in [0.1, 0.15) is 0 Å². The standard InChI is InChI=1S/C15H31NO2/c1-7-8-15(6,12-17)11-16-9-13(2,3)18-14(4,5)10-16/h17H,7-12H2,1-6H3. The summed E-state index contributed by atoms with van der Waals surface area (Å²) < 4.78 is 6.10. The molecule has 1 fully saturated rings. The van der Waals surface area contributed by atoms with Gasteiger partial charge in [-0.05, 0) is 34.1 Å². The molecular formula is C15H31NO2. The van der Waals surface area contributed by atoms with Crippen LogP contribution >= 0.6 is 0 Å². The number of ether oxygens (including phenoxy) is 1. The lowest BCUT2D eigenvalue weighted by molar-refractivity contribution is -0.185. The number of hydrogen-bond donors (Lipinski definition) is 1. The lowest BCUT2D eigenvalue weighted by atomic mass is 9.84. The molecule has 1 unspecified atom stereocenters. The van der Waals surface area contributed by atoms with Crippen LogP contribution in [0.4, 0.5) is 0 Å². The summed E-state index contributed by atoms with van der Waals surface area (Å²) in [5.41, 5.74) is -0.201. The fourth-order valence-corrected chi connectivity index (χ4v) is 3.41. The van der Waals surface area contributed by atoms with E-state index in [1.54, 1.807) is 0 Å². The predicted molar refractivity (Wildman–Crippen MR) is 75.8 cm³/mol. The van der Waals surface area contributed by atoms with Crippen LogP contribution in [0.5, 0.6) is 0 Å². The van der Waals surface area contributed by atoms with E-state index in [0.29, 0.717) is 0 Å². The molecule has 3 heteroatoms. The molecule has 1 N–H and O–H groups in total. The second-order valence-corrected chi connectivity index (χ2v) is 7.49. The Hall–Kier alpha value is -0.120. The number of morpholine rings is 1. The summed E-state index contributed by atoms with van der Waals surface area (Å²) in [6.45, 7) is 16.1. The van der Waals surface area contributed by atoms with Crippen LogP contribution < -0.4 is 0 Å². The van der Waals surface area contributed by atoms with E-state index in [0.717, 1.165) is 32.5 Å². The van der Waals surface area contributed by atoms with Gasteiger partial charge in [0.05, 0.1) is 11.2 Å². The SMILES string of the molecule is CCCC(C)(CO)CN1CC(C)(C)OC(C)(C)C1. The van der Waals surface area contributed by atoms with Gasteiger partial charge in [-0.1, -0.05) is 20.3 Å². The first kappa shape index (κ1) is 15.9. The molecule has 1 atom stereocenters. The summed E-state index contributed by atoms with van der Waals surface area (Å²) in [7, 11) is 0. The molecule has 108 valence electrons. The number of nitrogens with zero attached hydrogens (tertiary/aromatic N) is 1. The highest BCUT2D eigenvalue weighted by Crippen LogP contribution is 2.31.